The summed E-state index contributed by atoms with van der Waals surface area (Å²) in [6, 6.07) is 35.9. The van der Waals surface area contributed by atoms with Crippen molar-refractivity contribution < 1.29 is 23.8 Å². The minimum Gasteiger partial charge on any atom is -0.488 e. The Morgan fingerprint density at radius 3 is 2.11 bits per heavy atom. The van der Waals surface area contributed by atoms with E-state index < -0.39 is 11.9 Å². The summed E-state index contributed by atoms with van der Waals surface area (Å²) in [6.07, 6.45) is 0. The van der Waals surface area contributed by atoms with Gasteiger partial charge >= 0.3 is 11.9 Å². The van der Waals surface area contributed by atoms with Crippen molar-refractivity contribution in [2.75, 3.05) is 7.11 Å². The zero-order chi connectivity index (χ0) is 26.3. The van der Waals surface area contributed by atoms with Crippen LogP contribution in [0.25, 0.3) is 21.9 Å². The Morgan fingerprint density at radius 2 is 1.34 bits per heavy atom. The lowest BCUT2D eigenvalue weighted by Gasteiger charge is -2.20. The van der Waals surface area contributed by atoms with E-state index in [2.05, 4.69) is 0 Å². The molecule has 0 aromatic heterocycles. The molecule has 0 saturated carbocycles. The van der Waals surface area contributed by atoms with Gasteiger partial charge in [-0.3, -0.25) is 0 Å². The van der Waals surface area contributed by atoms with Crippen LogP contribution in [-0.2, 0) is 22.7 Å². The van der Waals surface area contributed by atoms with Gasteiger partial charge in [-0.05, 0) is 40.6 Å². The predicted octanol–water partition coefficient (Wildman–Crippen LogP) is 7.23. The summed E-state index contributed by atoms with van der Waals surface area (Å²) in [5, 5.41) is 1.76. The van der Waals surface area contributed by atoms with Crippen LogP contribution in [0.3, 0.4) is 0 Å². The van der Waals surface area contributed by atoms with Gasteiger partial charge in [-0.25, -0.2) is 9.59 Å². The summed E-state index contributed by atoms with van der Waals surface area (Å²) in [6.45, 7) is 0.260. The van der Waals surface area contributed by atoms with Gasteiger partial charge in [-0.1, -0.05) is 91.0 Å². The average molecular weight is 503 g/mol. The van der Waals surface area contributed by atoms with Crippen molar-refractivity contribution in [1.82, 2.24) is 0 Å². The van der Waals surface area contributed by atoms with Gasteiger partial charge in [0.15, 0.2) is 0 Å². The number of carbonyl (C=O) groups excluding carboxylic acids is 2. The van der Waals surface area contributed by atoms with E-state index in [0.717, 1.165) is 27.5 Å². The fraction of sp³-hybridized carbons (Fsp3) is 0.0909. The van der Waals surface area contributed by atoms with Crippen LogP contribution < -0.4 is 4.74 Å². The molecule has 5 nitrogen and oxygen atoms in total. The van der Waals surface area contributed by atoms with Gasteiger partial charge in [0.1, 0.15) is 19.0 Å². The highest BCUT2D eigenvalue weighted by Crippen LogP contribution is 2.40. The van der Waals surface area contributed by atoms with E-state index in [-0.39, 0.29) is 6.61 Å². The highest BCUT2D eigenvalue weighted by molar-refractivity contribution is 6.06. The molecule has 0 bridgehead atoms. The van der Waals surface area contributed by atoms with Crippen LogP contribution in [-0.4, -0.2) is 19.0 Å². The van der Waals surface area contributed by atoms with E-state index >= 15 is 0 Å². The summed E-state index contributed by atoms with van der Waals surface area (Å²) in [5.41, 5.74) is 3.90. The number of hydrogen-bond acceptors (Lipinski definition) is 5. The van der Waals surface area contributed by atoms with Gasteiger partial charge in [-0.2, -0.15) is 0 Å². The van der Waals surface area contributed by atoms with Gasteiger partial charge in [0.2, 0.25) is 0 Å². The minimum atomic E-state index is -0.509. The average Bonchev–Trinajstić information content (AvgIpc) is 2.99. The molecular formula is C33H26O5. The molecule has 0 amide bonds. The molecule has 0 aliphatic heterocycles. The summed E-state index contributed by atoms with van der Waals surface area (Å²) >= 11 is 0. The predicted molar refractivity (Wildman–Crippen MR) is 147 cm³/mol. The molecule has 38 heavy (non-hydrogen) atoms. The molecule has 0 fully saturated rings. The zero-order valence-corrected chi connectivity index (χ0v) is 20.9. The molecule has 5 aromatic rings. The van der Waals surface area contributed by atoms with E-state index in [0.29, 0.717) is 29.0 Å². The first kappa shape index (κ1) is 24.8. The number of methoxy groups -OCH3 is 1. The Hall–Kier alpha value is -4.90. The van der Waals surface area contributed by atoms with Crippen LogP contribution in [0.4, 0.5) is 0 Å². The van der Waals surface area contributed by atoms with Gasteiger partial charge in [-0.15, -0.1) is 0 Å². The monoisotopic (exact) mass is 502 g/mol. The third kappa shape index (κ3) is 5.27. The number of carbonyl (C=O) groups is 2. The maximum absolute atomic E-state index is 13.0. The second-order valence-electron chi connectivity index (χ2n) is 8.70. The SMILES string of the molecule is COC(=O)c1cc2ccccc2c(-c2ccccc2OCc2ccccc2)c1COC(=O)c1ccccc1. The van der Waals surface area contributed by atoms with Crippen molar-refractivity contribution in [3.8, 4) is 16.9 Å². The van der Waals surface area contributed by atoms with Crippen LogP contribution in [0.1, 0.15) is 31.8 Å². The molecule has 0 atom stereocenters. The molecule has 5 aromatic carbocycles. The molecule has 0 unspecified atom stereocenters. The van der Waals surface area contributed by atoms with Gasteiger partial charge < -0.3 is 14.2 Å². The molecule has 0 saturated heterocycles. The van der Waals surface area contributed by atoms with Crippen molar-refractivity contribution in [2.24, 2.45) is 0 Å². The standard InChI is InChI=1S/C33H26O5/c1-36-33(35)28-20-25-16-8-9-17-26(25)31(29(28)22-38-32(34)24-14-6-3-7-15-24)27-18-10-11-19-30(27)37-21-23-12-4-2-5-13-23/h2-20H,21-22H2,1H3. The van der Waals surface area contributed by atoms with Crippen LogP contribution >= 0.6 is 0 Å². The minimum absolute atomic E-state index is 0.120. The van der Waals surface area contributed by atoms with Crippen molar-refractivity contribution >= 4 is 22.7 Å². The molecule has 0 N–H and O–H groups in total. The number of fused-ring (bicyclic) bond motifs is 1. The Labute approximate surface area is 221 Å². The first-order valence-corrected chi connectivity index (χ1v) is 12.3. The summed E-state index contributed by atoms with van der Waals surface area (Å²) in [7, 11) is 1.34. The van der Waals surface area contributed by atoms with E-state index in [1.54, 1.807) is 30.3 Å². The third-order valence-corrected chi connectivity index (χ3v) is 6.31. The van der Waals surface area contributed by atoms with Crippen molar-refractivity contribution in [3.05, 3.63) is 138 Å². The smallest absolute Gasteiger partial charge is 0.338 e. The largest absolute Gasteiger partial charge is 0.488 e. The molecule has 0 aliphatic rings. The first-order chi connectivity index (χ1) is 18.7. The van der Waals surface area contributed by atoms with Crippen molar-refractivity contribution in [2.45, 2.75) is 13.2 Å². The number of ether oxygens (including phenoxy) is 3. The summed E-state index contributed by atoms with van der Waals surface area (Å²) in [4.78, 5) is 25.8. The van der Waals surface area contributed by atoms with Crippen LogP contribution in [0.5, 0.6) is 5.75 Å². The quantitative estimate of drug-likeness (QED) is 0.210. The maximum Gasteiger partial charge on any atom is 0.338 e. The molecule has 0 heterocycles. The Bertz CT molecular complexity index is 1580. The van der Waals surface area contributed by atoms with Crippen LogP contribution in [0.15, 0.2) is 115 Å². The van der Waals surface area contributed by atoms with E-state index in [1.807, 2.05) is 84.9 Å². The highest BCUT2D eigenvalue weighted by atomic mass is 16.5. The summed E-state index contributed by atoms with van der Waals surface area (Å²) in [5.74, 6) is -0.334. The lowest BCUT2D eigenvalue weighted by atomic mass is 9.89. The topological polar surface area (TPSA) is 61.8 Å². The second kappa shape index (κ2) is 11.4. The van der Waals surface area contributed by atoms with Crippen molar-refractivity contribution in [3.63, 3.8) is 0 Å². The van der Waals surface area contributed by atoms with E-state index in [4.69, 9.17) is 14.2 Å². The molecule has 5 heteroatoms. The van der Waals surface area contributed by atoms with Crippen LogP contribution in [0.2, 0.25) is 0 Å². The van der Waals surface area contributed by atoms with Gasteiger partial charge in [0, 0.05) is 16.7 Å². The number of esters is 2. The van der Waals surface area contributed by atoms with Crippen molar-refractivity contribution in [1.29, 1.82) is 0 Å². The molecular weight excluding hydrogens is 476 g/mol. The Morgan fingerprint density at radius 1 is 0.684 bits per heavy atom. The first-order valence-electron chi connectivity index (χ1n) is 12.3. The van der Waals surface area contributed by atoms with E-state index in [1.165, 1.54) is 7.11 Å². The van der Waals surface area contributed by atoms with Crippen LogP contribution in [0, 0.1) is 0 Å². The molecule has 0 aliphatic carbocycles. The van der Waals surface area contributed by atoms with Gasteiger partial charge in [0.25, 0.3) is 0 Å². The third-order valence-electron chi connectivity index (χ3n) is 6.31. The fourth-order valence-electron chi connectivity index (χ4n) is 4.47. The number of para-hydroxylation sites is 1. The zero-order valence-electron chi connectivity index (χ0n) is 20.9. The molecule has 188 valence electrons. The highest BCUT2D eigenvalue weighted by Gasteiger charge is 2.23. The number of rotatable bonds is 8. The molecule has 0 radical (unpaired) electrons. The maximum atomic E-state index is 13.0. The molecule has 0 spiro atoms. The lowest BCUT2D eigenvalue weighted by molar-refractivity contribution is 0.0462. The fourth-order valence-corrected chi connectivity index (χ4v) is 4.47. The van der Waals surface area contributed by atoms with E-state index in [9.17, 15) is 9.59 Å². The number of benzene rings is 5. The Kier molecular flexibility index (Phi) is 7.46. The normalized spacial score (nSPS) is 10.7. The van der Waals surface area contributed by atoms with Gasteiger partial charge in [0.05, 0.1) is 18.2 Å². The summed E-state index contributed by atoms with van der Waals surface area (Å²) < 4.78 is 17.2. The Balaban J connectivity index is 1.64. The lowest BCUT2D eigenvalue weighted by Crippen LogP contribution is -2.12. The number of hydrogen-bond donors (Lipinski definition) is 0. The molecule has 5 rings (SSSR count). The second-order valence-corrected chi connectivity index (χ2v) is 8.70.